The molecule has 0 amide bonds. The van der Waals surface area contributed by atoms with Gasteiger partial charge in [-0.15, -0.1) is 0 Å². The Morgan fingerprint density at radius 2 is 1.89 bits per heavy atom. The quantitative estimate of drug-likeness (QED) is 0.632. The number of rotatable bonds is 3. The monoisotopic (exact) mass is 264 g/mol. The summed E-state index contributed by atoms with van der Waals surface area (Å²) in [5, 5.41) is 10.9. The molecular formula is C12H9ClN2O3. The predicted octanol–water partition coefficient (Wildman–Crippen LogP) is 2.46. The summed E-state index contributed by atoms with van der Waals surface area (Å²) in [7, 11) is 0. The van der Waals surface area contributed by atoms with Crippen molar-refractivity contribution in [3.63, 3.8) is 0 Å². The van der Waals surface area contributed by atoms with Crippen molar-refractivity contribution in [1.82, 2.24) is 4.57 Å². The molecule has 2 rings (SSSR count). The lowest BCUT2D eigenvalue weighted by Gasteiger charge is -2.06. The second-order valence-corrected chi connectivity index (χ2v) is 4.16. The van der Waals surface area contributed by atoms with E-state index in [0.717, 1.165) is 5.56 Å². The molecule has 0 bridgehead atoms. The van der Waals surface area contributed by atoms with Gasteiger partial charge in [-0.1, -0.05) is 17.7 Å². The van der Waals surface area contributed by atoms with E-state index in [0.29, 0.717) is 6.54 Å². The summed E-state index contributed by atoms with van der Waals surface area (Å²) in [6.45, 7) is 0.443. The summed E-state index contributed by atoms with van der Waals surface area (Å²) < 4.78 is 1.76. The van der Waals surface area contributed by atoms with Crippen molar-refractivity contribution in [2.75, 3.05) is 0 Å². The standard InChI is InChI=1S/C12H9ClN2O3/c13-11-2-1-9(7-12(11)15(17)18)8-14-5-3-10(16)4-6-14/h1-7H,8H2. The Bertz CT molecular complexity index is 632. The minimum atomic E-state index is -0.517. The molecule has 2 aromatic rings. The molecule has 5 nitrogen and oxygen atoms in total. The highest BCUT2D eigenvalue weighted by atomic mass is 35.5. The van der Waals surface area contributed by atoms with Crippen molar-refractivity contribution in [1.29, 1.82) is 0 Å². The number of pyridine rings is 1. The third kappa shape index (κ3) is 2.75. The number of halogens is 1. The van der Waals surface area contributed by atoms with Gasteiger partial charge in [0, 0.05) is 37.1 Å². The normalized spacial score (nSPS) is 10.3. The van der Waals surface area contributed by atoms with Crippen LogP contribution in [0, 0.1) is 10.1 Å². The lowest BCUT2D eigenvalue weighted by Crippen LogP contribution is -2.05. The molecule has 0 aliphatic rings. The molecule has 0 aliphatic carbocycles. The van der Waals surface area contributed by atoms with Crippen LogP contribution in [0.15, 0.2) is 47.5 Å². The fourth-order valence-electron chi connectivity index (χ4n) is 1.56. The molecule has 18 heavy (non-hydrogen) atoms. The Labute approximate surface area is 107 Å². The Hall–Kier alpha value is -2.14. The number of benzene rings is 1. The van der Waals surface area contributed by atoms with E-state index < -0.39 is 4.92 Å². The zero-order valence-corrected chi connectivity index (χ0v) is 10.0. The van der Waals surface area contributed by atoms with Crippen molar-refractivity contribution >= 4 is 17.3 Å². The maximum atomic E-state index is 10.9. The van der Waals surface area contributed by atoms with Crippen LogP contribution in [-0.2, 0) is 6.54 Å². The zero-order valence-electron chi connectivity index (χ0n) is 9.25. The van der Waals surface area contributed by atoms with E-state index in [1.807, 2.05) is 0 Å². The first-order chi connectivity index (χ1) is 8.56. The van der Waals surface area contributed by atoms with Gasteiger partial charge in [0.05, 0.1) is 4.92 Å². The first-order valence-corrected chi connectivity index (χ1v) is 5.53. The van der Waals surface area contributed by atoms with Gasteiger partial charge < -0.3 is 4.57 Å². The summed E-state index contributed by atoms with van der Waals surface area (Å²) in [5.41, 5.74) is 0.554. The van der Waals surface area contributed by atoms with E-state index in [1.54, 1.807) is 23.0 Å². The molecule has 0 saturated heterocycles. The van der Waals surface area contributed by atoms with E-state index in [4.69, 9.17) is 11.6 Å². The summed E-state index contributed by atoms with van der Waals surface area (Å²) >= 11 is 5.73. The maximum absolute atomic E-state index is 10.9. The maximum Gasteiger partial charge on any atom is 0.288 e. The van der Waals surface area contributed by atoms with Crippen molar-refractivity contribution in [2.45, 2.75) is 6.54 Å². The van der Waals surface area contributed by atoms with Gasteiger partial charge in [-0.25, -0.2) is 0 Å². The summed E-state index contributed by atoms with van der Waals surface area (Å²) in [6, 6.07) is 7.51. The van der Waals surface area contributed by atoms with Gasteiger partial charge in [-0.3, -0.25) is 14.9 Å². The fourth-order valence-corrected chi connectivity index (χ4v) is 1.74. The van der Waals surface area contributed by atoms with Crippen LogP contribution in [0.5, 0.6) is 0 Å². The highest BCUT2D eigenvalue weighted by Gasteiger charge is 2.12. The SMILES string of the molecule is O=c1ccn(Cc2ccc(Cl)c([N+](=O)[O-])c2)cc1. The summed E-state index contributed by atoms with van der Waals surface area (Å²) in [5.74, 6) is 0. The molecule has 0 spiro atoms. The Morgan fingerprint density at radius 1 is 1.22 bits per heavy atom. The average molecular weight is 265 g/mol. The molecule has 0 unspecified atom stereocenters. The molecule has 1 aromatic heterocycles. The van der Waals surface area contributed by atoms with Crippen LogP contribution in [0.4, 0.5) is 5.69 Å². The number of hydrogen-bond donors (Lipinski definition) is 0. The Morgan fingerprint density at radius 3 is 2.50 bits per heavy atom. The lowest BCUT2D eigenvalue weighted by atomic mass is 10.2. The largest absolute Gasteiger partial charge is 0.350 e. The van der Waals surface area contributed by atoms with Crippen molar-refractivity contribution in [3.05, 3.63) is 73.6 Å². The van der Waals surface area contributed by atoms with Crippen LogP contribution in [-0.4, -0.2) is 9.49 Å². The van der Waals surface area contributed by atoms with Crippen LogP contribution in [0.25, 0.3) is 0 Å². The second-order valence-electron chi connectivity index (χ2n) is 3.75. The van der Waals surface area contributed by atoms with E-state index in [9.17, 15) is 14.9 Å². The molecule has 6 heteroatoms. The smallest absolute Gasteiger partial charge is 0.288 e. The van der Waals surface area contributed by atoms with Gasteiger partial charge >= 0.3 is 0 Å². The van der Waals surface area contributed by atoms with Crippen LogP contribution < -0.4 is 5.43 Å². The molecule has 0 aliphatic heterocycles. The predicted molar refractivity (Wildman–Crippen MR) is 67.9 cm³/mol. The molecule has 0 atom stereocenters. The van der Waals surface area contributed by atoms with Crippen molar-refractivity contribution < 1.29 is 4.92 Å². The zero-order chi connectivity index (χ0) is 13.1. The summed E-state index contributed by atoms with van der Waals surface area (Å²) in [6.07, 6.45) is 3.26. The Kier molecular flexibility index (Phi) is 3.43. The number of aromatic nitrogens is 1. The van der Waals surface area contributed by atoms with E-state index in [1.165, 1.54) is 24.3 Å². The van der Waals surface area contributed by atoms with Crippen LogP contribution in [0.2, 0.25) is 5.02 Å². The first-order valence-electron chi connectivity index (χ1n) is 5.15. The highest BCUT2D eigenvalue weighted by molar-refractivity contribution is 6.32. The molecule has 0 radical (unpaired) electrons. The molecule has 1 aromatic carbocycles. The van der Waals surface area contributed by atoms with E-state index in [2.05, 4.69) is 0 Å². The third-order valence-electron chi connectivity index (χ3n) is 2.43. The lowest BCUT2D eigenvalue weighted by molar-refractivity contribution is -0.384. The Balaban J connectivity index is 2.29. The van der Waals surface area contributed by atoms with Crippen LogP contribution in [0.1, 0.15) is 5.56 Å². The van der Waals surface area contributed by atoms with Gasteiger partial charge in [0.1, 0.15) is 5.02 Å². The van der Waals surface area contributed by atoms with Crippen molar-refractivity contribution in [3.8, 4) is 0 Å². The van der Waals surface area contributed by atoms with Gasteiger partial charge in [0.15, 0.2) is 5.43 Å². The van der Waals surface area contributed by atoms with E-state index >= 15 is 0 Å². The number of nitro benzene ring substituents is 1. The third-order valence-corrected chi connectivity index (χ3v) is 2.75. The molecule has 0 fully saturated rings. The van der Waals surface area contributed by atoms with Crippen LogP contribution in [0.3, 0.4) is 0 Å². The minimum Gasteiger partial charge on any atom is -0.350 e. The molecule has 1 heterocycles. The van der Waals surface area contributed by atoms with Gasteiger partial charge in [0.25, 0.3) is 5.69 Å². The number of hydrogen-bond acceptors (Lipinski definition) is 3. The summed E-state index contributed by atoms with van der Waals surface area (Å²) in [4.78, 5) is 21.2. The molecule has 0 saturated carbocycles. The second kappa shape index (κ2) is 5.01. The minimum absolute atomic E-state index is 0.0756. The molecular weight excluding hydrogens is 256 g/mol. The topological polar surface area (TPSA) is 65.1 Å². The van der Waals surface area contributed by atoms with Crippen LogP contribution >= 0.6 is 11.6 Å². The van der Waals surface area contributed by atoms with Gasteiger partial charge in [-0.05, 0) is 11.6 Å². The molecule has 0 N–H and O–H groups in total. The first kappa shape index (κ1) is 12.3. The molecule has 92 valence electrons. The number of nitro groups is 1. The highest BCUT2D eigenvalue weighted by Crippen LogP contribution is 2.25. The number of nitrogens with zero attached hydrogens (tertiary/aromatic N) is 2. The van der Waals surface area contributed by atoms with Gasteiger partial charge in [0.2, 0.25) is 0 Å². The fraction of sp³-hybridized carbons (Fsp3) is 0.0833. The van der Waals surface area contributed by atoms with Gasteiger partial charge in [-0.2, -0.15) is 0 Å². The average Bonchev–Trinajstić information content (AvgIpc) is 2.34. The van der Waals surface area contributed by atoms with Crippen molar-refractivity contribution in [2.24, 2.45) is 0 Å². The van der Waals surface area contributed by atoms with E-state index in [-0.39, 0.29) is 16.1 Å².